The van der Waals surface area contributed by atoms with E-state index in [1.54, 1.807) is 13.2 Å². The van der Waals surface area contributed by atoms with Gasteiger partial charge >= 0.3 is 0 Å². The summed E-state index contributed by atoms with van der Waals surface area (Å²) in [5.41, 5.74) is 2.19. The summed E-state index contributed by atoms with van der Waals surface area (Å²) in [5.74, 6) is 0.703. The number of ketones is 1. The topological polar surface area (TPSA) is 38.7 Å². The maximum atomic E-state index is 11.7. The Balaban J connectivity index is 2.65. The Morgan fingerprint density at radius 2 is 2.21 bits per heavy atom. The van der Waals surface area contributed by atoms with Gasteiger partial charge in [0.15, 0.2) is 5.78 Å². The van der Waals surface area contributed by atoms with Crippen LogP contribution in [-0.2, 0) is 0 Å². The van der Waals surface area contributed by atoms with Crippen LogP contribution in [0.25, 0.3) is 0 Å². The van der Waals surface area contributed by atoms with Gasteiger partial charge in [-0.1, -0.05) is 6.07 Å². The van der Waals surface area contributed by atoms with E-state index in [0.29, 0.717) is 17.7 Å². The summed E-state index contributed by atoms with van der Waals surface area (Å²) in [5, 5.41) is 0. The van der Waals surface area contributed by atoms with Gasteiger partial charge in [-0.05, 0) is 19.1 Å². The zero-order chi connectivity index (χ0) is 10.1. The van der Waals surface area contributed by atoms with Crippen molar-refractivity contribution in [2.75, 3.05) is 7.11 Å². The Labute approximate surface area is 82.4 Å². The summed E-state index contributed by atoms with van der Waals surface area (Å²) in [4.78, 5) is 16.0. The van der Waals surface area contributed by atoms with Crippen LogP contribution in [-0.4, -0.2) is 18.6 Å². The van der Waals surface area contributed by atoms with Crippen molar-refractivity contribution in [2.45, 2.75) is 13.3 Å². The summed E-state index contributed by atoms with van der Waals surface area (Å²) in [6.07, 6.45) is 0.396. The highest BCUT2D eigenvalue weighted by Gasteiger charge is 2.21. The minimum atomic E-state index is 0.0879. The first-order valence-corrected chi connectivity index (χ1v) is 4.46. The monoisotopic (exact) mass is 189 g/mol. The number of rotatable bonds is 1. The first-order valence-electron chi connectivity index (χ1n) is 4.46. The molecular weight excluding hydrogens is 178 g/mol. The number of ether oxygens (including phenoxy) is 1. The highest BCUT2D eigenvalue weighted by Crippen LogP contribution is 2.32. The van der Waals surface area contributed by atoms with E-state index in [1.807, 2.05) is 19.1 Å². The zero-order valence-electron chi connectivity index (χ0n) is 8.20. The molecule has 0 aromatic heterocycles. The summed E-state index contributed by atoms with van der Waals surface area (Å²) >= 11 is 0. The van der Waals surface area contributed by atoms with Gasteiger partial charge in [0, 0.05) is 12.1 Å². The average Bonchev–Trinajstić information content (AvgIpc) is 2.16. The van der Waals surface area contributed by atoms with E-state index in [0.717, 1.165) is 11.4 Å². The van der Waals surface area contributed by atoms with E-state index < -0.39 is 0 Å². The van der Waals surface area contributed by atoms with Gasteiger partial charge in [-0.15, -0.1) is 0 Å². The van der Waals surface area contributed by atoms with Crippen LogP contribution in [0.4, 0.5) is 5.69 Å². The number of fused-ring (bicyclic) bond motifs is 1. The zero-order valence-corrected chi connectivity index (χ0v) is 8.20. The minimum Gasteiger partial charge on any atom is -0.496 e. The molecule has 0 fully saturated rings. The lowest BCUT2D eigenvalue weighted by Gasteiger charge is -2.14. The molecule has 0 atom stereocenters. The molecule has 0 saturated heterocycles. The second-order valence-electron chi connectivity index (χ2n) is 3.30. The van der Waals surface area contributed by atoms with Gasteiger partial charge in [-0.2, -0.15) is 0 Å². The van der Waals surface area contributed by atoms with Gasteiger partial charge < -0.3 is 4.74 Å². The standard InChI is InChI=1S/C11H11NO2/c1-7-6-9(13)11-8(12-7)4-3-5-10(11)14-2/h3-5H,6H2,1-2H3. The van der Waals surface area contributed by atoms with Gasteiger partial charge in [0.05, 0.1) is 18.4 Å². The highest BCUT2D eigenvalue weighted by atomic mass is 16.5. The van der Waals surface area contributed by atoms with Gasteiger partial charge in [-0.25, -0.2) is 0 Å². The molecule has 2 rings (SSSR count). The van der Waals surface area contributed by atoms with Crippen molar-refractivity contribution in [1.29, 1.82) is 0 Å². The molecule has 1 aromatic rings. The molecule has 3 nitrogen and oxygen atoms in total. The second-order valence-corrected chi connectivity index (χ2v) is 3.30. The molecule has 0 amide bonds. The molecule has 0 radical (unpaired) electrons. The van der Waals surface area contributed by atoms with Gasteiger partial charge in [-0.3, -0.25) is 9.79 Å². The SMILES string of the molecule is COc1cccc2c1C(=O)CC(C)=N2. The van der Waals surface area contributed by atoms with Crippen molar-refractivity contribution in [2.24, 2.45) is 4.99 Å². The lowest BCUT2D eigenvalue weighted by molar-refractivity contribution is 0.0997. The molecule has 72 valence electrons. The van der Waals surface area contributed by atoms with Crippen molar-refractivity contribution in [3.05, 3.63) is 23.8 Å². The Morgan fingerprint density at radius 1 is 1.43 bits per heavy atom. The van der Waals surface area contributed by atoms with E-state index in [9.17, 15) is 4.79 Å². The van der Waals surface area contributed by atoms with Crippen molar-refractivity contribution >= 4 is 17.2 Å². The molecule has 0 saturated carbocycles. The molecule has 0 unspecified atom stereocenters. The molecule has 0 spiro atoms. The Hall–Kier alpha value is -1.64. The first-order chi connectivity index (χ1) is 6.72. The third-order valence-electron chi connectivity index (χ3n) is 2.23. The fourth-order valence-electron chi connectivity index (χ4n) is 1.63. The van der Waals surface area contributed by atoms with Crippen molar-refractivity contribution < 1.29 is 9.53 Å². The molecule has 14 heavy (non-hydrogen) atoms. The van der Waals surface area contributed by atoms with Crippen molar-refractivity contribution in [3.63, 3.8) is 0 Å². The van der Waals surface area contributed by atoms with E-state index in [4.69, 9.17) is 4.74 Å². The summed E-state index contributed by atoms with van der Waals surface area (Å²) in [6, 6.07) is 5.46. The van der Waals surface area contributed by atoms with E-state index in [1.165, 1.54) is 0 Å². The molecule has 0 aliphatic carbocycles. The van der Waals surface area contributed by atoms with Crippen LogP contribution in [0.2, 0.25) is 0 Å². The maximum absolute atomic E-state index is 11.7. The molecule has 1 aliphatic rings. The number of carbonyl (C=O) groups excluding carboxylic acids is 1. The average molecular weight is 189 g/mol. The Bertz CT molecular complexity index is 421. The van der Waals surface area contributed by atoms with Crippen molar-refractivity contribution in [3.8, 4) is 5.75 Å². The number of methoxy groups -OCH3 is 1. The van der Waals surface area contributed by atoms with Crippen LogP contribution in [0.5, 0.6) is 5.75 Å². The molecule has 0 N–H and O–H groups in total. The van der Waals surface area contributed by atoms with E-state index in [-0.39, 0.29) is 5.78 Å². The number of hydrogen-bond acceptors (Lipinski definition) is 3. The van der Waals surface area contributed by atoms with Crippen LogP contribution in [0.15, 0.2) is 23.2 Å². The predicted molar refractivity (Wildman–Crippen MR) is 54.7 cm³/mol. The smallest absolute Gasteiger partial charge is 0.174 e. The third kappa shape index (κ3) is 1.31. The number of hydrogen-bond donors (Lipinski definition) is 0. The predicted octanol–water partition coefficient (Wildman–Crippen LogP) is 2.37. The number of carbonyl (C=O) groups is 1. The number of benzene rings is 1. The Morgan fingerprint density at radius 3 is 2.93 bits per heavy atom. The first kappa shape index (κ1) is 8.94. The highest BCUT2D eigenvalue weighted by molar-refractivity contribution is 6.16. The minimum absolute atomic E-state index is 0.0879. The third-order valence-corrected chi connectivity index (χ3v) is 2.23. The number of Topliss-reactive ketones (excluding diaryl/α,β-unsaturated/α-hetero) is 1. The van der Waals surface area contributed by atoms with Crippen LogP contribution in [0.1, 0.15) is 23.7 Å². The van der Waals surface area contributed by atoms with Crippen LogP contribution in [0, 0.1) is 0 Å². The summed E-state index contributed by atoms with van der Waals surface area (Å²) in [7, 11) is 1.56. The molecule has 1 aliphatic heterocycles. The van der Waals surface area contributed by atoms with Gasteiger partial charge in [0.2, 0.25) is 0 Å². The normalized spacial score (nSPS) is 14.7. The lowest BCUT2D eigenvalue weighted by atomic mass is 10.00. The summed E-state index contributed by atoms with van der Waals surface area (Å²) in [6.45, 7) is 1.86. The molecule has 1 aromatic carbocycles. The fraction of sp³-hybridized carbons (Fsp3) is 0.273. The largest absolute Gasteiger partial charge is 0.496 e. The van der Waals surface area contributed by atoms with E-state index >= 15 is 0 Å². The fourth-order valence-corrected chi connectivity index (χ4v) is 1.63. The number of aliphatic imine (C=N–C) groups is 1. The van der Waals surface area contributed by atoms with E-state index in [2.05, 4.69) is 4.99 Å². The molecule has 1 heterocycles. The maximum Gasteiger partial charge on any atom is 0.174 e. The van der Waals surface area contributed by atoms with Crippen molar-refractivity contribution in [1.82, 2.24) is 0 Å². The quantitative estimate of drug-likeness (QED) is 0.680. The molecule has 0 bridgehead atoms. The van der Waals surface area contributed by atoms with Crippen LogP contribution >= 0.6 is 0 Å². The van der Waals surface area contributed by atoms with Crippen LogP contribution < -0.4 is 4.74 Å². The summed E-state index contributed by atoms with van der Waals surface area (Å²) < 4.78 is 5.13. The van der Waals surface area contributed by atoms with Crippen LogP contribution in [0.3, 0.4) is 0 Å². The number of nitrogens with zero attached hydrogens (tertiary/aromatic N) is 1. The second kappa shape index (κ2) is 3.25. The Kier molecular flexibility index (Phi) is 2.08. The lowest BCUT2D eigenvalue weighted by Crippen LogP contribution is -2.11. The molecule has 3 heteroatoms. The molecular formula is C11H11NO2. The van der Waals surface area contributed by atoms with Gasteiger partial charge in [0.25, 0.3) is 0 Å². The van der Waals surface area contributed by atoms with Gasteiger partial charge in [0.1, 0.15) is 5.75 Å².